The topological polar surface area (TPSA) is 272 Å². The van der Waals surface area contributed by atoms with Gasteiger partial charge in [-0.2, -0.15) is 0 Å². The van der Waals surface area contributed by atoms with E-state index in [0.29, 0.717) is 70.1 Å². The highest BCUT2D eigenvalue weighted by Gasteiger charge is 2.34. The van der Waals surface area contributed by atoms with Crippen LogP contribution in [0, 0.1) is 0 Å². The molecule has 6 heterocycles. The second-order valence-electron chi connectivity index (χ2n) is 16.9. The largest absolute Gasteiger partial charge is 0.493 e. The van der Waals surface area contributed by atoms with Crippen LogP contribution in [0.1, 0.15) is 68.1 Å². The van der Waals surface area contributed by atoms with E-state index in [1.165, 1.54) is 40.0 Å². The standard InChI is InChI=1S/C48H51N13O9/c1-26-14-32-21-50-34-19-39(38(69-6)18-33(34)47(67)61(32)22-26)70-13-7-8-41(62)55-40-25-59(5)43(56-40)46(66)54-30-16-36(57(3)23-30)45(65)53-31-17-37(58(4)24-31)48(68)60-12-11-28-15-29(9-10-35(28)60)52-44(64)27(2)51-42(63)20-49/h9-12,15-19,21,23-25,27,32H,1,7-8,13-14,20,22,49H2,2-6H3,(H,51,63)(H,52,64)(H,53,65)(H,54,66)(H,55,62)/t27-,32-/m0/s1. The first-order valence-corrected chi connectivity index (χ1v) is 22.1. The van der Waals surface area contributed by atoms with Crippen LogP contribution in [0.25, 0.3) is 10.9 Å². The molecular weight excluding hydrogens is 903 g/mol. The van der Waals surface area contributed by atoms with Gasteiger partial charge in [-0.1, -0.05) is 12.2 Å². The summed E-state index contributed by atoms with van der Waals surface area (Å²) in [5.41, 5.74) is 9.35. The van der Waals surface area contributed by atoms with Crippen LogP contribution in [0.3, 0.4) is 0 Å². The highest BCUT2D eigenvalue weighted by atomic mass is 16.5. The lowest BCUT2D eigenvalue weighted by Gasteiger charge is -2.20. The zero-order chi connectivity index (χ0) is 50.0. The molecule has 0 saturated carbocycles. The van der Waals surface area contributed by atoms with Gasteiger partial charge in [-0.15, -0.1) is 0 Å². The molecule has 2 aliphatic heterocycles. The molecule has 2 atom stereocenters. The molecule has 8 rings (SSSR count). The number of nitrogens with two attached hydrogens (primary N) is 1. The van der Waals surface area contributed by atoms with E-state index >= 15 is 0 Å². The number of aromatic nitrogens is 5. The molecule has 2 aliphatic rings. The fourth-order valence-corrected chi connectivity index (χ4v) is 8.19. The summed E-state index contributed by atoms with van der Waals surface area (Å²) in [7, 11) is 6.40. The lowest BCUT2D eigenvalue weighted by molar-refractivity contribution is -0.125. The second kappa shape index (κ2) is 19.8. The smallest absolute Gasteiger partial charge is 0.291 e. The molecule has 22 heteroatoms. The van der Waals surface area contributed by atoms with Crippen molar-refractivity contribution >= 4 is 87.0 Å². The number of anilines is 4. The van der Waals surface area contributed by atoms with E-state index in [0.717, 1.165) is 5.57 Å². The van der Waals surface area contributed by atoms with E-state index in [1.54, 1.807) is 97.9 Å². The first-order valence-electron chi connectivity index (χ1n) is 22.1. The van der Waals surface area contributed by atoms with Crippen molar-refractivity contribution in [2.75, 3.05) is 48.1 Å². The third-order valence-electron chi connectivity index (χ3n) is 11.7. The molecule has 362 valence electrons. The summed E-state index contributed by atoms with van der Waals surface area (Å²) in [6, 6.07) is 12.1. The van der Waals surface area contributed by atoms with Crippen molar-refractivity contribution in [1.29, 1.82) is 0 Å². The fourth-order valence-electron chi connectivity index (χ4n) is 8.19. The third kappa shape index (κ3) is 10.1. The molecule has 0 spiro atoms. The Morgan fingerprint density at radius 1 is 0.843 bits per heavy atom. The van der Waals surface area contributed by atoms with Crippen molar-refractivity contribution in [1.82, 2.24) is 33.5 Å². The van der Waals surface area contributed by atoms with Crippen molar-refractivity contribution in [3.63, 3.8) is 0 Å². The summed E-state index contributed by atoms with van der Waals surface area (Å²) >= 11 is 0. The number of carbonyl (C=O) groups is 7. The number of rotatable bonds is 16. The Hall–Kier alpha value is -8.79. The molecule has 0 unspecified atom stereocenters. The van der Waals surface area contributed by atoms with Crippen LogP contribution < -0.4 is 41.8 Å². The van der Waals surface area contributed by atoms with Gasteiger partial charge in [-0.25, -0.2) is 4.98 Å². The summed E-state index contributed by atoms with van der Waals surface area (Å²) in [6.45, 7) is 5.95. The molecule has 4 aromatic heterocycles. The van der Waals surface area contributed by atoms with E-state index in [9.17, 15) is 33.6 Å². The summed E-state index contributed by atoms with van der Waals surface area (Å²) < 4.78 is 17.5. The second-order valence-corrected chi connectivity index (χ2v) is 16.9. The molecule has 6 aromatic rings. The van der Waals surface area contributed by atoms with E-state index in [1.807, 2.05) is 0 Å². The molecule has 0 bridgehead atoms. The van der Waals surface area contributed by atoms with Gasteiger partial charge in [0.1, 0.15) is 17.4 Å². The van der Waals surface area contributed by atoms with Crippen LogP contribution in [0.4, 0.5) is 28.6 Å². The minimum atomic E-state index is -0.811. The molecule has 0 radical (unpaired) electrons. The molecule has 22 nitrogen and oxygen atoms in total. The van der Waals surface area contributed by atoms with Gasteiger partial charge < -0.3 is 60.4 Å². The molecule has 7 N–H and O–H groups in total. The highest BCUT2D eigenvalue weighted by Crippen LogP contribution is 2.38. The van der Waals surface area contributed by atoms with Crippen LogP contribution in [0.5, 0.6) is 11.5 Å². The van der Waals surface area contributed by atoms with Crippen LogP contribution in [-0.4, -0.2) is 115 Å². The first kappa shape index (κ1) is 47.7. The van der Waals surface area contributed by atoms with E-state index in [4.69, 9.17) is 15.2 Å². The fraction of sp³-hybridized carbons (Fsp3) is 0.271. The number of hydrogen-bond donors (Lipinski definition) is 6. The van der Waals surface area contributed by atoms with Gasteiger partial charge in [-0.3, -0.25) is 43.1 Å². The molecule has 1 saturated heterocycles. The maximum atomic E-state index is 13.8. The van der Waals surface area contributed by atoms with Crippen LogP contribution >= 0.6 is 0 Å². The number of aliphatic imine (C=N–C) groups is 1. The normalized spacial score (nSPS) is 14.4. The summed E-state index contributed by atoms with van der Waals surface area (Å²) in [4.78, 5) is 102. The number of methoxy groups -OCH3 is 1. The monoisotopic (exact) mass is 953 g/mol. The summed E-state index contributed by atoms with van der Waals surface area (Å²) in [5, 5.41) is 14.2. The molecule has 6 amide bonds. The average molecular weight is 954 g/mol. The number of nitrogens with one attached hydrogen (secondary N) is 5. The number of hydrogen-bond acceptors (Lipinski definition) is 12. The first-order chi connectivity index (χ1) is 33.5. The van der Waals surface area contributed by atoms with Crippen molar-refractivity contribution in [2.45, 2.75) is 38.3 Å². The number of ether oxygens (including phenoxy) is 2. The number of carbonyl (C=O) groups excluding carboxylic acids is 7. The molecule has 0 aliphatic carbocycles. The van der Waals surface area contributed by atoms with Gasteiger partial charge in [0.25, 0.3) is 23.6 Å². The Balaban J connectivity index is 0.826. The van der Waals surface area contributed by atoms with E-state index in [-0.39, 0.29) is 66.4 Å². The molecular formula is C48H51N13O9. The van der Waals surface area contributed by atoms with Gasteiger partial charge in [-0.05, 0) is 62.2 Å². The Morgan fingerprint density at radius 3 is 2.31 bits per heavy atom. The van der Waals surface area contributed by atoms with E-state index in [2.05, 4.69) is 43.1 Å². The van der Waals surface area contributed by atoms with Crippen LogP contribution in [0.15, 0.2) is 90.5 Å². The maximum absolute atomic E-state index is 13.8. The SMILES string of the molecule is C=C1C[C@H]2C=Nc3cc(OCCCC(=O)Nc4cn(C)c(C(=O)Nc5cc(C(=O)Nc6cc(C(=O)n7ccc8cc(NC(=O)[C@H](C)NC(=O)CN)ccc87)n(C)c6)n(C)c5)n4)c(OC)cc3C(=O)N2C1. The van der Waals surface area contributed by atoms with Crippen LogP contribution in [0.2, 0.25) is 0 Å². The summed E-state index contributed by atoms with van der Waals surface area (Å²) in [6.07, 6.45) is 9.09. The molecule has 70 heavy (non-hydrogen) atoms. The number of nitrogens with zero attached hydrogens (tertiary/aromatic N) is 7. The van der Waals surface area contributed by atoms with E-state index < -0.39 is 29.7 Å². The average Bonchev–Trinajstić information content (AvgIpc) is 4.16. The number of imidazole rings is 1. The molecule has 1 fully saturated rings. The Morgan fingerprint density at radius 2 is 1.57 bits per heavy atom. The van der Waals surface area contributed by atoms with Gasteiger partial charge in [0, 0.05) is 82.3 Å². The predicted molar refractivity (Wildman–Crippen MR) is 260 cm³/mol. The van der Waals surface area contributed by atoms with Crippen molar-refractivity contribution in [3.8, 4) is 11.5 Å². The molecule has 2 aromatic carbocycles. The Kier molecular flexibility index (Phi) is 13.5. The zero-order valence-corrected chi connectivity index (χ0v) is 39.0. The number of amides is 6. The Bertz CT molecular complexity index is 3150. The van der Waals surface area contributed by atoms with Gasteiger partial charge in [0.05, 0.1) is 54.4 Å². The quantitative estimate of drug-likeness (QED) is 0.0597. The minimum absolute atomic E-state index is 0.000523. The predicted octanol–water partition coefficient (Wildman–Crippen LogP) is 3.94. The number of benzene rings is 2. The zero-order valence-electron chi connectivity index (χ0n) is 39.0. The third-order valence-corrected chi connectivity index (χ3v) is 11.7. The van der Waals surface area contributed by atoms with Crippen molar-refractivity contribution < 1.29 is 43.0 Å². The lowest BCUT2D eigenvalue weighted by Crippen LogP contribution is -2.44. The van der Waals surface area contributed by atoms with Gasteiger partial charge in [0.15, 0.2) is 17.3 Å². The maximum Gasteiger partial charge on any atom is 0.291 e. The Labute approximate surface area is 400 Å². The van der Waals surface area contributed by atoms with Crippen LogP contribution in [-0.2, 0) is 35.5 Å². The number of fused-ring (bicyclic) bond motifs is 3. The highest BCUT2D eigenvalue weighted by molar-refractivity contribution is 6.08. The lowest BCUT2D eigenvalue weighted by atomic mass is 10.1. The minimum Gasteiger partial charge on any atom is -0.493 e. The van der Waals surface area contributed by atoms with Gasteiger partial charge >= 0.3 is 0 Å². The van der Waals surface area contributed by atoms with Crippen molar-refractivity contribution in [3.05, 3.63) is 108 Å². The van der Waals surface area contributed by atoms with Crippen molar-refractivity contribution in [2.24, 2.45) is 31.9 Å². The summed E-state index contributed by atoms with van der Waals surface area (Å²) in [5.74, 6) is -1.96. The number of aryl methyl sites for hydroxylation is 3. The van der Waals surface area contributed by atoms with Gasteiger partial charge in [0.2, 0.25) is 23.5 Å².